The van der Waals surface area contributed by atoms with E-state index < -0.39 is 12.0 Å². The van der Waals surface area contributed by atoms with Gasteiger partial charge in [0.2, 0.25) is 0 Å². The smallest absolute Gasteiger partial charge is 0.289 e. The lowest BCUT2D eigenvalue weighted by Crippen LogP contribution is -2.62. The standard InChI is InChI=1S/C14H18F2N2O3/c1-9-2-3-21-12(9)13(20)17-5-11(6-17)18-8-14(15,16)4-10(18)7-19/h2-3,10-11,19H,4-8H2,1H3/t10-/m0/s1. The van der Waals surface area contributed by atoms with Crippen LogP contribution in [-0.2, 0) is 0 Å². The molecular weight excluding hydrogens is 282 g/mol. The maximum atomic E-state index is 13.4. The molecule has 0 spiro atoms. The zero-order valence-electron chi connectivity index (χ0n) is 11.8. The second kappa shape index (κ2) is 5.06. The first-order valence-electron chi connectivity index (χ1n) is 6.99. The van der Waals surface area contributed by atoms with Crippen molar-refractivity contribution in [2.24, 2.45) is 0 Å². The number of hydrogen-bond acceptors (Lipinski definition) is 4. The highest BCUT2D eigenvalue weighted by atomic mass is 19.3. The van der Waals surface area contributed by atoms with Gasteiger partial charge in [0, 0.05) is 37.2 Å². The van der Waals surface area contributed by atoms with Crippen molar-refractivity contribution in [3.05, 3.63) is 23.7 Å². The van der Waals surface area contributed by atoms with Gasteiger partial charge in [-0.2, -0.15) is 0 Å². The minimum Gasteiger partial charge on any atom is -0.459 e. The maximum absolute atomic E-state index is 13.4. The van der Waals surface area contributed by atoms with Crippen LogP contribution < -0.4 is 0 Å². The van der Waals surface area contributed by atoms with Crippen molar-refractivity contribution in [3.63, 3.8) is 0 Å². The van der Waals surface area contributed by atoms with Crippen molar-refractivity contribution in [1.29, 1.82) is 0 Å². The average Bonchev–Trinajstić information content (AvgIpc) is 2.90. The minimum atomic E-state index is -2.75. The van der Waals surface area contributed by atoms with Gasteiger partial charge >= 0.3 is 0 Å². The van der Waals surface area contributed by atoms with E-state index >= 15 is 0 Å². The highest BCUT2D eigenvalue weighted by Gasteiger charge is 2.50. The van der Waals surface area contributed by atoms with Gasteiger partial charge in [-0.15, -0.1) is 0 Å². The summed E-state index contributed by atoms with van der Waals surface area (Å²) in [6.07, 6.45) is 1.15. The normalized spacial score (nSPS) is 26.1. The first kappa shape index (κ1) is 14.5. The number of furan rings is 1. The SMILES string of the molecule is Cc1ccoc1C(=O)N1CC(N2CC(F)(F)C[C@H]2CO)C1. The van der Waals surface area contributed by atoms with Crippen LogP contribution in [0.3, 0.4) is 0 Å². The summed E-state index contributed by atoms with van der Waals surface area (Å²) in [6.45, 7) is 1.95. The molecule has 0 aliphatic carbocycles. The van der Waals surface area contributed by atoms with E-state index in [4.69, 9.17) is 4.42 Å². The molecule has 1 atom stereocenters. The molecule has 1 aromatic rings. The zero-order chi connectivity index (χ0) is 15.2. The van der Waals surface area contributed by atoms with E-state index in [2.05, 4.69) is 0 Å². The molecule has 0 unspecified atom stereocenters. The summed E-state index contributed by atoms with van der Waals surface area (Å²) in [5.41, 5.74) is 0.768. The summed E-state index contributed by atoms with van der Waals surface area (Å²) in [4.78, 5) is 15.4. The van der Waals surface area contributed by atoms with Gasteiger partial charge in [0.1, 0.15) is 0 Å². The Hall–Kier alpha value is -1.47. The number of rotatable bonds is 3. The van der Waals surface area contributed by atoms with E-state index in [1.54, 1.807) is 22.8 Å². The van der Waals surface area contributed by atoms with Crippen LogP contribution in [0.25, 0.3) is 0 Å². The van der Waals surface area contributed by atoms with Crippen LogP contribution in [0.2, 0.25) is 0 Å². The van der Waals surface area contributed by atoms with Crippen LogP contribution in [0.1, 0.15) is 22.5 Å². The Balaban J connectivity index is 1.61. The fourth-order valence-electron chi connectivity index (χ4n) is 3.09. The molecule has 116 valence electrons. The van der Waals surface area contributed by atoms with Crippen LogP contribution in [0.15, 0.2) is 16.7 Å². The number of carbonyl (C=O) groups excluding carboxylic acids is 1. The molecule has 0 saturated carbocycles. The maximum Gasteiger partial charge on any atom is 0.289 e. The van der Waals surface area contributed by atoms with Gasteiger partial charge in [-0.25, -0.2) is 8.78 Å². The van der Waals surface area contributed by atoms with E-state index in [1.165, 1.54) is 6.26 Å². The molecule has 2 saturated heterocycles. The van der Waals surface area contributed by atoms with Gasteiger partial charge < -0.3 is 14.4 Å². The predicted molar refractivity (Wildman–Crippen MR) is 70.3 cm³/mol. The van der Waals surface area contributed by atoms with Crippen molar-refractivity contribution in [2.45, 2.75) is 31.4 Å². The second-order valence-electron chi connectivity index (χ2n) is 5.87. The summed E-state index contributed by atoms with van der Waals surface area (Å²) in [6, 6.07) is 1.08. The van der Waals surface area contributed by atoms with Crippen molar-refractivity contribution >= 4 is 5.91 Å². The summed E-state index contributed by atoms with van der Waals surface area (Å²) >= 11 is 0. The molecule has 0 radical (unpaired) electrons. The molecule has 7 heteroatoms. The average molecular weight is 300 g/mol. The summed E-state index contributed by atoms with van der Waals surface area (Å²) < 4.78 is 32.0. The van der Waals surface area contributed by atoms with Crippen LogP contribution >= 0.6 is 0 Å². The Labute approximate surface area is 121 Å². The molecule has 1 amide bonds. The quantitative estimate of drug-likeness (QED) is 0.909. The summed E-state index contributed by atoms with van der Waals surface area (Å²) in [5.74, 6) is -2.66. The van der Waals surface area contributed by atoms with Crippen LogP contribution in [0.5, 0.6) is 0 Å². The molecule has 3 rings (SSSR count). The molecule has 21 heavy (non-hydrogen) atoms. The molecule has 2 aliphatic rings. The molecule has 0 aromatic carbocycles. The van der Waals surface area contributed by atoms with Gasteiger partial charge in [-0.3, -0.25) is 9.69 Å². The summed E-state index contributed by atoms with van der Waals surface area (Å²) in [5, 5.41) is 9.23. The number of aliphatic hydroxyl groups is 1. The Morgan fingerprint density at radius 2 is 2.24 bits per heavy atom. The van der Waals surface area contributed by atoms with Crippen molar-refractivity contribution in [2.75, 3.05) is 26.2 Å². The zero-order valence-corrected chi connectivity index (χ0v) is 11.8. The van der Waals surface area contributed by atoms with Gasteiger partial charge in [0.15, 0.2) is 5.76 Å². The van der Waals surface area contributed by atoms with E-state index in [1.807, 2.05) is 0 Å². The Bertz CT molecular complexity index is 540. The first-order valence-corrected chi connectivity index (χ1v) is 6.99. The van der Waals surface area contributed by atoms with Gasteiger partial charge in [0.05, 0.1) is 19.4 Å². The second-order valence-corrected chi connectivity index (χ2v) is 5.87. The van der Waals surface area contributed by atoms with Crippen LogP contribution in [0, 0.1) is 6.92 Å². The first-order chi connectivity index (χ1) is 9.91. The third-order valence-corrected chi connectivity index (χ3v) is 4.30. The van der Waals surface area contributed by atoms with E-state index in [9.17, 15) is 18.7 Å². The molecule has 1 aromatic heterocycles. The molecule has 2 fully saturated rings. The number of likely N-dealkylation sites (tertiary alicyclic amines) is 2. The van der Waals surface area contributed by atoms with Crippen LogP contribution in [-0.4, -0.2) is 65.1 Å². The fourth-order valence-corrected chi connectivity index (χ4v) is 3.09. The summed E-state index contributed by atoms with van der Waals surface area (Å²) in [7, 11) is 0. The lowest BCUT2D eigenvalue weighted by Gasteiger charge is -2.45. The largest absolute Gasteiger partial charge is 0.459 e. The fraction of sp³-hybridized carbons (Fsp3) is 0.643. The molecule has 5 nitrogen and oxygen atoms in total. The number of alkyl halides is 2. The number of halogens is 2. The molecule has 1 N–H and O–H groups in total. The molecular formula is C14H18F2N2O3. The molecule has 3 heterocycles. The molecule has 0 bridgehead atoms. The number of aryl methyl sites for hydroxylation is 1. The van der Waals surface area contributed by atoms with Gasteiger partial charge in [0.25, 0.3) is 11.8 Å². The highest BCUT2D eigenvalue weighted by Crippen LogP contribution is 2.35. The number of nitrogens with zero attached hydrogens (tertiary/aromatic N) is 2. The number of hydrogen-bond donors (Lipinski definition) is 1. The van der Waals surface area contributed by atoms with Gasteiger partial charge in [-0.05, 0) is 13.0 Å². The number of carbonyl (C=O) groups is 1. The lowest BCUT2D eigenvalue weighted by atomic mass is 10.0. The van der Waals surface area contributed by atoms with Gasteiger partial charge in [-0.1, -0.05) is 0 Å². The minimum absolute atomic E-state index is 0.116. The van der Waals surface area contributed by atoms with Crippen molar-refractivity contribution < 1.29 is 23.1 Å². The Morgan fingerprint density at radius 3 is 2.81 bits per heavy atom. The topological polar surface area (TPSA) is 56.9 Å². The van der Waals surface area contributed by atoms with Crippen molar-refractivity contribution in [3.8, 4) is 0 Å². The lowest BCUT2D eigenvalue weighted by molar-refractivity contribution is -0.0132. The molecule has 2 aliphatic heterocycles. The third-order valence-electron chi connectivity index (χ3n) is 4.30. The van der Waals surface area contributed by atoms with Crippen LogP contribution in [0.4, 0.5) is 8.78 Å². The Kier molecular flexibility index (Phi) is 3.49. The third kappa shape index (κ3) is 2.55. The highest BCUT2D eigenvalue weighted by molar-refractivity contribution is 5.93. The monoisotopic (exact) mass is 300 g/mol. The predicted octanol–water partition coefficient (Wildman–Crippen LogP) is 1.11. The number of amides is 1. The van der Waals surface area contributed by atoms with E-state index in [0.717, 1.165) is 5.56 Å². The van der Waals surface area contributed by atoms with E-state index in [0.29, 0.717) is 18.8 Å². The van der Waals surface area contributed by atoms with Crippen molar-refractivity contribution in [1.82, 2.24) is 9.80 Å². The Morgan fingerprint density at radius 1 is 1.52 bits per heavy atom. The number of aliphatic hydroxyl groups excluding tert-OH is 1. The van der Waals surface area contributed by atoms with E-state index in [-0.39, 0.29) is 31.5 Å².